The zero-order valence-corrected chi connectivity index (χ0v) is 9.93. The SMILES string of the molecule is Cc1cccc(OCC(CN)c2ccco2)c1. The molecule has 1 aromatic heterocycles. The molecule has 0 bridgehead atoms. The molecule has 0 spiro atoms. The third-order valence-electron chi connectivity index (χ3n) is 2.67. The standard InChI is InChI=1S/C14H17NO2/c1-11-4-2-5-13(8-11)17-10-12(9-15)14-6-3-7-16-14/h2-8,12H,9-10,15H2,1H3. The molecule has 0 aliphatic heterocycles. The van der Waals surface area contributed by atoms with Gasteiger partial charge in [-0.3, -0.25) is 0 Å². The zero-order valence-electron chi connectivity index (χ0n) is 9.93. The highest BCUT2D eigenvalue weighted by Gasteiger charge is 2.13. The summed E-state index contributed by atoms with van der Waals surface area (Å²) in [6.07, 6.45) is 1.66. The number of hydrogen-bond donors (Lipinski definition) is 1. The van der Waals surface area contributed by atoms with Crippen molar-refractivity contribution in [1.82, 2.24) is 0 Å². The van der Waals surface area contributed by atoms with Crippen molar-refractivity contribution < 1.29 is 9.15 Å². The van der Waals surface area contributed by atoms with Crippen LogP contribution >= 0.6 is 0 Å². The second kappa shape index (κ2) is 5.55. The van der Waals surface area contributed by atoms with E-state index in [4.69, 9.17) is 14.9 Å². The minimum Gasteiger partial charge on any atom is -0.493 e. The van der Waals surface area contributed by atoms with E-state index in [2.05, 4.69) is 0 Å². The van der Waals surface area contributed by atoms with Crippen LogP contribution in [0, 0.1) is 6.92 Å². The first kappa shape index (κ1) is 11.7. The van der Waals surface area contributed by atoms with Crippen molar-refractivity contribution in [2.24, 2.45) is 5.73 Å². The summed E-state index contributed by atoms with van der Waals surface area (Å²) in [5.74, 6) is 1.85. The lowest BCUT2D eigenvalue weighted by atomic mass is 10.1. The fourth-order valence-corrected chi connectivity index (χ4v) is 1.69. The molecular weight excluding hydrogens is 214 g/mol. The number of rotatable bonds is 5. The van der Waals surface area contributed by atoms with Gasteiger partial charge in [-0.25, -0.2) is 0 Å². The lowest BCUT2D eigenvalue weighted by Gasteiger charge is -2.13. The highest BCUT2D eigenvalue weighted by atomic mass is 16.5. The van der Waals surface area contributed by atoms with E-state index in [1.54, 1.807) is 6.26 Å². The first-order chi connectivity index (χ1) is 8.29. The summed E-state index contributed by atoms with van der Waals surface area (Å²) in [6, 6.07) is 11.8. The summed E-state index contributed by atoms with van der Waals surface area (Å²) in [4.78, 5) is 0. The molecule has 90 valence electrons. The maximum absolute atomic E-state index is 5.72. The first-order valence-electron chi connectivity index (χ1n) is 5.72. The van der Waals surface area contributed by atoms with E-state index >= 15 is 0 Å². The molecule has 0 fully saturated rings. The predicted molar refractivity (Wildman–Crippen MR) is 67.2 cm³/mol. The molecule has 1 atom stereocenters. The van der Waals surface area contributed by atoms with E-state index in [-0.39, 0.29) is 5.92 Å². The Kier molecular flexibility index (Phi) is 3.83. The zero-order chi connectivity index (χ0) is 12.1. The van der Waals surface area contributed by atoms with Gasteiger partial charge in [0, 0.05) is 6.54 Å². The highest BCUT2D eigenvalue weighted by Crippen LogP contribution is 2.18. The van der Waals surface area contributed by atoms with Crippen LogP contribution in [-0.2, 0) is 0 Å². The Balaban J connectivity index is 1.97. The molecule has 2 aromatic rings. The van der Waals surface area contributed by atoms with Crippen molar-refractivity contribution in [3.8, 4) is 5.75 Å². The maximum Gasteiger partial charge on any atom is 0.119 e. The van der Waals surface area contributed by atoms with Gasteiger partial charge < -0.3 is 14.9 Å². The third kappa shape index (κ3) is 3.11. The van der Waals surface area contributed by atoms with Crippen molar-refractivity contribution in [3.05, 3.63) is 54.0 Å². The van der Waals surface area contributed by atoms with Gasteiger partial charge in [0.25, 0.3) is 0 Å². The van der Waals surface area contributed by atoms with Gasteiger partial charge in [0.1, 0.15) is 11.5 Å². The Morgan fingerprint density at radius 3 is 2.82 bits per heavy atom. The number of nitrogens with two attached hydrogens (primary N) is 1. The van der Waals surface area contributed by atoms with E-state index < -0.39 is 0 Å². The lowest BCUT2D eigenvalue weighted by molar-refractivity contribution is 0.272. The molecule has 0 aliphatic rings. The van der Waals surface area contributed by atoms with E-state index in [9.17, 15) is 0 Å². The smallest absolute Gasteiger partial charge is 0.119 e. The summed E-state index contributed by atoms with van der Waals surface area (Å²) < 4.78 is 11.1. The van der Waals surface area contributed by atoms with E-state index in [0.29, 0.717) is 13.2 Å². The summed E-state index contributed by atoms with van der Waals surface area (Å²) in [6.45, 7) is 3.09. The first-order valence-corrected chi connectivity index (χ1v) is 5.72. The van der Waals surface area contributed by atoms with Gasteiger partial charge in [-0.05, 0) is 36.8 Å². The minimum atomic E-state index is 0.102. The van der Waals surface area contributed by atoms with Crippen LogP contribution in [-0.4, -0.2) is 13.2 Å². The summed E-state index contributed by atoms with van der Waals surface area (Å²) in [7, 11) is 0. The van der Waals surface area contributed by atoms with Crippen molar-refractivity contribution >= 4 is 0 Å². The van der Waals surface area contributed by atoms with Gasteiger partial charge in [0.15, 0.2) is 0 Å². The molecule has 2 N–H and O–H groups in total. The highest BCUT2D eigenvalue weighted by molar-refractivity contribution is 5.27. The van der Waals surface area contributed by atoms with Crippen LogP contribution in [0.3, 0.4) is 0 Å². The minimum absolute atomic E-state index is 0.102. The summed E-state index contributed by atoms with van der Waals surface area (Å²) >= 11 is 0. The monoisotopic (exact) mass is 231 g/mol. The number of furan rings is 1. The quantitative estimate of drug-likeness (QED) is 0.860. The second-order valence-electron chi connectivity index (χ2n) is 4.08. The van der Waals surface area contributed by atoms with Crippen LogP contribution in [0.4, 0.5) is 0 Å². The topological polar surface area (TPSA) is 48.4 Å². The van der Waals surface area contributed by atoms with Crippen LogP contribution in [0.1, 0.15) is 17.2 Å². The van der Waals surface area contributed by atoms with Gasteiger partial charge in [-0.2, -0.15) is 0 Å². The normalized spacial score (nSPS) is 12.4. The van der Waals surface area contributed by atoms with Crippen molar-refractivity contribution in [2.75, 3.05) is 13.2 Å². The third-order valence-corrected chi connectivity index (χ3v) is 2.67. The van der Waals surface area contributed by atoms with Crippen LogP contribution in [0.25, 0.3) is 0 Å². The number of aryl methyl sites for hydroxylation is 1. The Labute approximate surface area is 101 Å². The fraction of sp³-hybridized carbons (Fsp3) is 0.286. The lowest BCUT2D eigenvalue weighted by Crippen LogP contribution is -2.19. The molecule has 3 nitrogen and oxygen atoms in total. The molecule has 1 heterocycles. The molecule has 3 heteroatoms. The van der Waals surface area contributed by atoms with E-state index in [1.165, 1.54) is 5.56 Å². The van der Waals surface area contributed by atoms with Crippen molar-refractivity contribution in [3.63, 3.8) is 0 Å². The summed E-state index contributed by atoms with van der Waals surface area (Å²) in [5, 5.41) is 0. The summed E-state index contributed by atoms with van der Waals surface area (Å²) in [5.41, 5.74) is 6.90. The van der Waals surface area contributed by atoms with Crippen molar-refractivity contribution in [2.45, 2.75) is 12.8 Å². The molecule has 0 aliphatic carbocycles. The Morgan fingerprint density at radius 1 is 1.29 bits per heavy atom. The predicted octanol–water partition coefficient (Wildman–Crippen LogP) is 2.71. The van der Waals surface area contributed by atoms with Gasteiger partial charge in [0.05, 0.1) is 18.8 Å². The number of ether oxygens (including phenoxy) is 1. The largest absolute Gasteiger partial charge is 0.493 e. The van der Waals surface area contributed by atoms with Crippen LogP contribution in [0.5, 0.6) is 5.75 Å². The van der Waals surface area contributed by atoms with E-state index in [0.717, 1.165) is 11.5 Å². The Morgan fingerprint density at radius 2 is 2.18 bits per heavy atom. The van der Waals surface area contributed by atoms with Gasteiger partial charge in [-0.15, -0.1) is 0 Å². The average Bonchev–Trinajstić information content (AvgIpc) is 2.84. The molecule has 1 unspecified atom stereocenters. The van der Waals surface area contributed by atoms with Gasteiger partial charge >= 0.3 is 0 Å². The Hall–Kier alpha value is -1.74. The number of benzene rings is 1. The van der Waals surface area contributed by atoms with E-state index in [1.807, 2.05) is 43.3 Å². The molecule has 17 heavy (non-hydrogen) atoms. The molecule has 0 saturated heterocycles. The van der Waals surface area contributed by atoms with Crippen LogP contribution < -0.4 is 10.5 Å². The van der Waals surface area contributed by atoms with Crippen molar-refractivity contribution in [1.29, 1.82) is 0 Å². The van der Waals surface area contributed by atoms with Gasteiger partial charge in [0.2, 0.25) is 0 Å². The molecule has 0 radical (unpaired) electrons. The van der Waals surface area contributed by atoms with Crippen LogP contribution in [0.15, 0.2) is 47.1 Å². The van der Waals surface area contributed by atoms with Crippen LogP contribution in [0.2, 0.25) is 0 Å². The fourth-order valence-electron chi connectivity index (χ4n) is 1.69. The molecule has 0 amide bonds. The average molecular weight is 231 g/mol. The molecule has 2 rings (SSSR count). The number of hydrogen-bond acceptors (Lipinski definition) is 3. The molecular formula is C14H17NO2. The maximum atomic E-state index is 5.72. The molecule has 0 saturated carbocycles. The Bertz CT molecular complexity index is 451. The molecule has 1 aromatic carbocycles. The van der Waals surface area contributed by atoms with Gasteiger partial charge in [-0.1, -0.05) is 12.1 Å². The second-order valence-corrected chi connectivity index (χ2v) is 4.08.